The molecule has 2 fully saturated rings. The third kappa shape index (κ3) is 6.74. The number of nitrogens with one attached hydrogen (secondary N) is 1. The van der Waals surface area contributed by atoms with Crippen LogP contribution in [-0.4, -0.2) is 67.5 Å². The molecule has 2 aliphatic rings. The summed E-state index contributed by atoms with van der Waals surface area (Å²) in [5.74, 6) is -0.0115. The maximum atomic E-state index is 13.4. The molecule has 39 heavy (non-hydrogen) atoms. The molecule has 8 nitrogen and oxygen atoms in total. The van der Waals surface area contributed by atoms with Gasteiger partial charge in [0, 0.05) is 35.6 Å². The highest BCUT2D eigenvalue weighted by molar-refractivity contribution is 6.33. The van der Waals surface area contributed by atoms with Crippen LogP contribution in [0.4, 0.5) is 4.79 Å². The van der Waals surface area contributed by atoms with E-state index in [-0.39, 0.29) is 30.8 Å². The minimum Gasteiger partial charge on any atom is -0.453 e. The van der Waals surface area contributed by atoms with E-state index in [2.05, 4.69) is 29.1 Å². The first kappa shape index (κ1) is 29.3. The lowest BCUT2D eigenvalue weighted by Crippen LogP contribution is -2.55. The van der Waals surface area contributed by atoms with Gasteiger partial charge in [-0.05, 0) is 61.3 Å². The second kappa shape index (κ2) is 13.1. The van der Waals surface area contributed by atoms with Gasteiger partial charge < -0.3 is 30.5 Å². The Morgan fingerprint density at radius 2 is 2.05 bits per heavy atom. The van der Waals surface area contributed by atoms with E-state index in [1.54, 1.807) is 0 Å². The maximum absolute atomic E-state index is 13.4. The molecule has 1 aliphatic heterocycles. The minimum atomic E-state index is -1.48. The molecule has 4 atom stereocenters. The number of carbonyl (C=O) groups is 2. The van der Waals surface area contributed by atoms with Crippen LogP contribution in [0, 0.1) is 5.92 Å². The number of aryl methyl sites for hydroxylation is 1. The fourth-order valence-electron chi connectivity index (χ4n) is 5.85. The van der Waals surface area contributed by atoms with Crippen LogP contribution in [-0.2, 0) is 26.3 Å². The number of rotatable bonds is 9. The molecule has 1 aliphatic carbocycles. The van der Waals surface area contributed by atoms with Crippen molar-refractivity contribution >= 4 is 23.6 Å². The van der Waals surface area contributed by atoms with E-state index in [0.717, 1.165) is 36.0 Å². The third-order valence-corrected chi connectivity index (χ3v) is 8.34. The first-order chi connectivity index (χ1) is 18.8. The summed E-state index contributed by atoms with van der Waals surface area (Å²) in [6.45, 7) is 3.45. The van der Waals surface area contributed by atoms with Gasteiger partial charge in [0.25, 0.3) is 0 Å². The fraction of sp³-hybridized carbons (Fsp3) is 0.533. The number of benzene rings is 2. The van der Waals surface area contributed by atoms with Crippen molar-refractivity contribution in [3.8, 4) is 11.1 Å². The standard InChI is InChI=1S/C30H40ClN3O5/c1-3-20-7-4-8-21(17-20)27-24(9-5-10-25(27)31)30(37,13-6-14-33-29(36)38-2)26-19-34(15-16-39-26)28(35)22-11-12-23(32)18-22/h4-5,7-10,17,22-23,26,37H,3,6,11-16,18-19,32H2,1-2H3,(H,33,36)/t22-,23+,26-,30-/m1/s1. The van der Waals surface area contributed by atoms with E-state index < -0.39 is 17.8 Å². The Hall–Kier alpha value is -2.65. The van der Waals surface area contributed by atoms with Crippen molar-refractivity contribution in [2.45, 2.75) is 63.2 Å². The lowest BCUT2D eigenvalue weighted by Gasteiger charge is -2.44. The number of alkyl carbamates (subject to hydrolysis) is 1. The maximum Gasteiger partial charge on any atom is 0.406 e. The third-order valence-electron chi connectivity index (χ3n) is 8.03. The second-order valence-corrected chi connectivity index (χ2v) is 11.0. The van der Waals surface area contributed by atoms with Crippen molar-refractivity contribution in [2.24, 2.45) is 11.7 Å². The highest BCUT2D eigenvalue weighted by Gasteiger charge is 2.45. The van der Waals surface area contributed by atoms with Gasteiger partial charge in [0.1, 0.15) is 11.7 Å². The van der Waals surface area contributed by atoms with Crippen molar-refractivity contribution < 1.29 is 24.2 Å². The van der Waals surface area contributed by atoms with Gasteiger partial charge in [0.2, 0.25) is 5.91 Å². The highest BCUT2D eigenvalue weighted by atomic mass is 35.5. The highest BCUT2D eigenvalue weighted by Crippen LogP contribution is 2.43. The fourth-order valence-corrected chi connectivity index (χ4v) is 6.14. The van der Waals surface area contributed by atoms with E-state index >= 15 is 0 Å². The van der Waals surface area contributed by atoms with Crippen LogP contribution in [0.5, 0.6) is 0 Å². The van der Waals surface area contributed by atoms with Crippen LogP contribution in [0.1, 0.15) is 50.2 Å². The van der Waals surface area contributed by atoms with Gasteiger partial charge in [-0.15, -0.1) is 0 Å². The lowest BCUT2D eigenvalue weighted by atomic mass is 9.79. The Balaban J connectivity index is 1.69. The molecular formula is C30H40ClN3O5. The van der Waals surface area contributed by atoms with E-state index in [1.807, 2.05) is 35.2 Å². The Morgan fingerprint density at radius 1 is 1.26 bits per heavy atom. The Bertz CT molecular complexity index is 1160. The number of ether oxygens (including phenoxy) is 2. The number of halogens is 1. The molecule has 4 N–H and O–H groups in total. The number of methoxy groups -OCH3 is 1. The number of nitrogens with two attached hydrogens (primary N) is 1. The number of carbonyl (C=O) groups excluding carboxylic acids is 2. The van der Waals surface area contributed by atoms with Crippen LogP contribution in [0.3, 0.4) is 0 Å². The van der Waals surface area contributed by atoms with Gasteiger partial charge in [0.05, 0.1) is 20.3 Å². The zero-order valence-electron chi connectivity index (χ0n) is 22.8. The van der Waals surface area contributed by atoms with Crippen molar-refractivity contribution in [2.75, 3.05) is 33.4 Å². The van der Waals surface area contributed by atoms with Gasteiger partial charge >= 0.3 is 6.09 Å². The zero-order chi connectivity index (χ0) is 28.0. The largest absolute Gasteiger partial charge is 0.453 e. The van der Waals surface area contributed by atoms with Gasteiger partial charge in [0.15, 0.2) is 0 Å². The van der Waals surface area contributed by atoms with E-state index in [1.165, 1.54) is 7.11 Å². The topological polar surface area (TPSA) is 114 Å². The SMILES string of the molecule is CCc1cccc(-c2c(Cl)cccc2[C@](O)(CCCNC(=O)OC)[C@H]2CN(C(=O)[C@@H]3CC[C@H](N)C3)CCO2)c1. The first-order valence-corrected chi connectivity index (χ1v) is 14.2. The summed E-state index contributed by atoms with van der Waals surface area (Å²) in [4.78, 5) is 26.8. The molecule has 0 bridgehead atoms. The Kier molecular flexibility index (Phi) is 9.88. The monoisotopic (exact) mass is 557 g/mol. The molecule has 0 radical (unpaired) electrons. The quantitative estimate of drug-likeness (QED) is 0.397. The van der Waals surface area contributed by atoms with Crippen LogP contribution < -0.4 is 11.1 Å². The van der Waals surface area contributed by atoms with Crippen molar-refractivity contribution in [1.82, 2.24) is 10.2 Å². The normalized spacial score (nSPS) is 22.8. The van der Waals surface area contributed by atoms with Gasteiger partial charge in [-0.2, -0.15) is 0 Å². The molecule has 2 amide bonds. The summed E-state index contributed by atoms with van der Waals surface area (Å²) in [5, 5.41) is 15.8. The van der Waals surface area contributed by atoms with Crippen molar-refractivity contribution in [1.29, 1.82) is 0 Å². The number of nitrogens with zero attached hydrogens (tertiary/aromatic N) is 1. The average Bonchev–Trinajstić information content (AvgIpc) is 3.40. The molecular weight excluding hydrogens is 518 g/mol. The Labute approximate surface area is 235 Å². The molecule has 0 spiro atoms. The van der Waals surface area contributed by atoms with Crippen LogP contribution in [0.25, 0.3) is 11.1 Å². The van der Waals surface area contributed by atoms with Crippen molar-refractivity contribution in [3.05, 3.63) is 58.6 Å². The molecule has 2 aromatic carbocycles. The van der Waals surface area contributed by atoms with Gasteiger partial charge in [-0.3, -0.25) is 4.79 Å². The molecule has 2 aromatic rings. The van der Waals surface area contributed by atoms with E-state index in [9.17, 15) is 14.7 Å². The number of hydrogen-bond acceptors (Lipinski definition) is 6. The summed E-state index contributed by atoms with van der Waals surface area (Å²) in [6, 6.07) is 13.7. The zero-order valence-corrected chi connectivity index (χ0v) is 23.6. The second-order valence-electron chi connectivity index (χ2n) is 10.6. The molecule has 1 saturated carbocycles. The number of amides is 2. The molecule has 1 heterocycles. The number of morpholine rings is 1. The van der Waals surface area contributed by atoms with Gasteiger partial charge in [-0.1, -0.05) is 54.9 Å². The molecule has 9 heteroatoms. The predicted molar refractivity (Wildman–Crippen MR) is 151 cm³/mol. The van der Waals surface area contributed by atoms with Crippen LogP contribution >= 0.6 is 11.6 Å². The van der Waals surface area contributed by atoms with E-state index in [4.69, 9.17) is 22.1 Å². The average molecular weight is 558 g/mol. The number of aliphatic hydroxyl groups is 1. The van der Waals surface area contributed by atoms with Crippen LogP contribution in [0.15, 0.2) is 42.5 Å². The molecule has 1 saturated heterocycles. The first-order valence-electron chi connectivity index (χ1n) is 13.8. The molecule has 212 valence electrons. The molecule has 4 rings (SSSR count). The predicted octanol–water partition coefficient (Wildman–Crippen LogP) is 4.25. The summed E-state index contributed by atoms with van der Waals surface area (Å²) in [6.07, 6.45) is 2.72. The summed E-state index contributed by atoms with van der Waals surface area (Å²) < 4.78 is 10.9. The van der Waals surface area contributed by atoms with E-state index in [0.29, 0.717) is 43.1 Å². The molecule has 0 aromatic heterocycles. The minimum absolute atomic E-state index is 0.0583. The number of hydrogen-bond donors (Lipinski definition) is 3. The van der Waals surface area contributed by atoms with Crippen LogP contribution in [0.2, 0.25) is 5.02 Å². The molecule has 0 unspecified atom stereocenters. The smallest absolute Gasteiger partial charge is 0.406 e. The Morgan fingerprint density at radius 3 is 2.77 bits per heavy atom. The summed E-state index contributed by atoms with van der Waals surface area (Å²) in [7, 11) is 1.31. The summed E-state index contributed by atoms with van der Waals surface area (Å²) in [5.41, 5.74) is 8.05. The van der Waals surface area contributed by atoms with Crippen molar-refractivity contribution in [3.63, 3.8) is 0 Å². The lowest BCUT2D eigenvalue weighted by molar-refractivity contribution is -0.167. The summed E-state index contributed by atoms with van der Waals surface area (Å²) >= 11 is 6.80. The van der Waals surface area contributed by atoms with Gasteiger partial charge in [-0.25, -0.2) is 4.79 Å².